The number of nitrogens with two attached hydrogens (primary N) is 1. The molecule has 212 valence electrons. The van der Waals surface area contributed by atoms with E-state index in [4.69, 9.17) is 19.9 Å². The lowest BCUT2D eigenvalue weighted by molar-refractivity contribution is -0.129. The second-order valence-electron chi connectivity index (χ2n) is 10.3. The molecule has 0 aliphatic rings. The molecular formula is C31H37N3O6. The van der Waals surface area contributed by atoms with Gasteiger partial charge in [0.15, 0.2) is 0 Å². The van der Waals surface area contributed by atoms with E-state index in [1.54, 1.807) is 32.9 Å². The largest absolute Gasteiger partial charge is 0.489 e. The predicted octanol–water partition coefficient (Wildman–Crippen LogP) is 3.89. The lowest BCUT2D eigenvalue weighted by atomic mass is 10.0. The van der Waals surface area contributed by atoms with Crippen molar-refractivity contribution in [3.05, 3.63) is 102 Å². The molecule has 0 heterocycles. The summed E-state index contributed by atoms with van der Waals surface area (Å²) in [5, 5.41) is 5.18. The predicted molar refractivity (Wildman–Crippen MR) is 151 cm³/mol. The highest BCUT2D eigenvalue weighted by molar-refractivity contribution is 5.91. The minimum Gasteiger partial charge on any atom is -0.489 e. The number of benzene rings is 3. The number of alkyl carbamates (subject to hydrolysis) is 1. The van der Waals surface area contributed by atoms with Crippen LogP contribution in [0.3, 0.4) is 0 Å². The van der Waals surface area contributed by atoms with E-state index in [2.05, 4.69) is 10.6 Å². The Morgan fingerprint density at radius 3 is 1.88 bits per heavy atom. The number of primary amides is 1. The van der Waals surface area contributed by atoms with E-state index in [0.717, 1.165) is 16.7 Å². The van der Waals surface area contributed by atoms with E-state index in [0.29, 0.717) is 12.4 Å². The fourth-order valence-electron chi connectivity index (χ4n) is 3.70. The molecule has 9 nitrogen and oxygen atoms in total. The van der Waals surface area contributed by atoms with Crippen molar-refractivity contribution in [3.63, 3.8) is 0 Å². The Hall–Kier alpha value is -4.37. The van der Waals surface area contributed by atoms with Gasteiger partial charge in [-0.15, -0.1) is 0 Å². The Bertz CT molecular complexity index is 1230. The molecule has 0 spiro atoms. The number of carbonyl (C=O) groups excluding carboxylic acids is 3. The zero-order valence-corrected chi connectivity index (χ0v) is 23.1. The van der Waals surface area contributed by atoms with Gasteiger partial charge in [0.05, 0.1) is 13.2 Å². The molecule has 0 saturated heterocycles. The summed E-state index contributed by atoms with van der Waals surface area (Å²) >= 11 is 0. The average Bonchev–Trinajstić information content (AvgIpc) is 2.91. The molecule has 0 radical (unpaired) electrons. The molecule has 3 amide bonds. The molecular weight excluding hydrogens is 510 g/mol. The van der Waals surface area contributed by atoms with Crippen LogP contribution in [0.5, 0.6) is 5.75 Å². The second-order valence-corrected chi connectivity index (χ2v) is 10.3. The fraction of sp³-hybridized carbons (Fsp3) is 0.323. The lowest BCUT2D eigenvalue weighted by Crippen LogP contribution is -2.55. The van der Waals surface area contributed by atoms with Crippen LogP contribution >= 0.6 is 0 Å². The summed E-state index contributed by atoms with van der Waals surface area (Å²) in [6.07, 6.45) is -0.623. The van der Waals surface area contributed by atoms with E-state index in [1.165, 1.54) is 0 Å². The summed E-state index contributed by atoms with van der Waals surface area (Å²) in [5.74, 6) is -0.658. The number of carbonyl (C=O) groups is 3. The maximum absolute atomic E-state index is 13.2. The number of ether oxygens (including phenoxy) is 3. The van der Waals surface area contributed by atoms with E-state index in [-0.39, 0.29) is 19.6 Å². The number of hydrogen-bond acceptors (Lipinski definition) is 6. The maximum Gasteiger partial charge on any atom is 0.408 e. The molecule has 9 heteroatoms. The number of rotatable bonds is 13. The SMILES string of the molecule is CC(C)(C)OC(=O)N[C@@H](COCc1ccccc1)C(=O)N[C@H](Cc1ccc(OCc2ccccc2)cc1)C(N)=O. The van der Waals surface area contributed by atoms with Crippen LogP contribution in [0.25, 0.3) is 0 Å². The molecule has 40 heavy (non-hydrogen) atoms. The van der Waals surface area contributed by atoms with Crippen LogP contribution in [-0.2, 0) is 38.7 Å². The highest BCUT2D eigenvalue weighted by atomic mass is 16.6. The quantitative estimate of drug-likeness (QED) is 0.298. The monoisotopic (exact) mass is 547 g/mol. The molecule has 3 rings (SSSR count). The molecule has 0 saturated carbocycles. The van der Waals surface area contributed by atoms with Crippen molar-refractivity contribution in [1.29, 1.82) is 0 Å². The molecule has 2 atom stereocenters. The van der Waals surface area contributed by atoms with Crippen LogP contribution in [-0.4, -0.2) is 42.2 Å². The Balaban J connectivity index is 1.61. The molecule has 4 N–H and O–H groups in total. The van der Waals surface area contributed by atoms with Crippen LogP contribution in [0.2, 0.25) is 0 Å². The first-order chi connectivity index (χ1) is 19.1. The number of amides is 3. The summed E-state index contributed by atoms with van der Waals surface area (Å²) in [6.45, 7) is 5.67. The van der Waals surface area contributed by atoms with Crippen molar-refractivity contribution in [3.8, 4) is 5.75 Å². The Kier molecular flexibility index (Phi) is 11.1. The molecule has 0 aliphatic heterocycles. The number of hydrogen-bond donors (Lipinski definition) is 3. The number of nitrogens with one attached hydrogen (secondary N) is 2. The third-order valence-electron chi connectivity index (χ3n) is 5.67. The summed E-state index contributed by atoms with van der Waals surface area (Å²) in [4.78, 5) is 37.8. The van der Waals surface area contributed by atoms with Gasteiger partial charge in [-0.05, 0) is 49.6 Å². The van der Waals surface area contributed by atoms with Crippen LogP contribution in [0.1, 0.15) is 37.5 Å². The minimum atomic E-state index is -1.12. The standard InChI is InChI=1S/C31H37N3O6/c1-31(2,3)40-30(37)34-27(21-38-19-23-10-6-4-7-11-23)29(36)33-26(28(32)35)18-22-14-16-25(17-15-22)39-20-24-12-8-5-9-13-24/h4-17,26-27H,18-21H2,1-3H3,(H2,32,35)(H,33,36)(H,34,37)/t26-,27+/m1/s1. The Morgan fingerprint density at radius 2 is 1.32 bits per heavy atom. The summed E-state index contributed by atoms with van der Waals surface area (Å²) < 4.78 is 16.8. The summed E-state index contributed by atoms with van der Waals surface area (Å²) in [6, 6.07) is 24.3. The van der Waals surface area contributed by atoms with Gasteiger partial charge in [-0.3, -0.25) is 9.59 Å². The normalized spacial score (nSPS) is 12.6. The van der Waals surface area contributed by atoms with Crippen LogP contribution in [0.4, 0.5) is 4.79 Å². The molecule has 0 aromatic heterocycles. The van der Waals surface area contributed by atoms with Gasteiger partial charge in [0.25, 0.3) is 0 Å². The van der Waals surface area contributed by atoms with Crippen LogP contribution < -0.4 is 21.1 Å². The third-order valence-corrected chi connectivity index (χ3v) is 5.67. The van der Waals surface area contributed by atoms with Crippen molar-refractivity contribution >= 4 is 17.9 Å². The van der Waals surface area contributed by atoms with E-state index in [9.17, 15) is 14.4 Å². The van der Waals surface area contributed by atoms with Crippen molar-refractivity contribution in [1.82, 2.24) is 10.6 Å². The first kappa shape index (κ1) is 30.2. The maximum atomic E-state index is 13.2. The minimum absolute atomic E-state index is 0.140. The van der Waals surface area contributed by atoms with Gasteiger partial charge in [0, 0.05) is 6.42 Å². The van der Waals surface area contributed by atoms with Gasteiger partial charge >= 0.3 is 6.09 Å². The molecule has 0 fully saturated rings. The molecule has 3 aromatic carbocycles. The molecule has 3 aromatic rings. The van der Waals surface area contributed by atoms with Crippen molar-refractivity contribution in [2.24, 2.45) is 5.73 Å². The first-order valence-corrected chi connectivity index (χ1v) is 13.1. The Morgan fingerprint density at radius 1 is 0.750 bits per heavy atom. The van der Waals surface area contributed by atoms with Crippen molar-refractivity contribution in [2.75, 3.05) is 6.61 Å². The highest BCUT2D eigenvalue weighted by Gasteiger charge is 2.28. The van der Waals surface area contributed by atoms with E-state index in [1.807, 2.05) is 72.8 Å². The highest BCUT2D eigenvalue weighted by Crippen LogP contribution is 2.16. The first-order valence-electron chi connectivity index (χ1n) is 13.1. The zero-order valence-electron chi connectivity index (χ0n) is 23.1. The van der Waals surface area contributed by atoms with Crippen molar-refractivity contribution < 1.29 is 28.6 Å². The molecule has 0 bridgehead atoms. The van der Waals surface area contributed by atoms with Crippen LogP contribution in [0, 0.1) is 0 Å². The third kappa shape index (κ3) is 10.8. The average molecular weight is 548 g/mol. The topological polar surface area (TPSA) is 129 Å². The van der Waals surface area contributed by atoms with E-state index < -0.39 is 35.6 Å². The smallest absolute Gasteiger partial charge is 0.408 e. The van der Waals surface area contributed by atoms with Gasteiger partial charge in [-0.2, -0.15) is 0 Å². The van der Waals surface area contributed by atoms with E-state index >= 15 is 0 Å². The Labute approximate surface area is 235 Å². The van der Waals surface area contributed by atoms with Crippen LogP contribution in [0.15, 0.2) is 84.9 Å². The van der Waals surface area contributed by atoms with Gasteiger partial charge < -0.3 is 30.6 Å². The summed E-state index contributed by atoms with van der Waals surface area (Å²) in [5.41, 5.74) is 7.58. The van der Waals surface area contributed by atoms with Gasteiger partial charge in [0.1, 0.15) is 30.0 Å². The second kappa shape index (κ2) is 14.7. The van der Waals surface area contributed by atoms with Gasteiger partial charge in [-0.1, -0.05) is 72.8 Å². The molecule has 0 unspecified atom stereocenters. The van der Waals surface area contributed by atoms with Crippen molar-refractivity contribution in [2.45, 2.75) is 58.1 Å². The van der Waals surface area contributed by atoms with Gasteiger partial charge in [0.2, 0.25) is 11.8 Å². The molecule has 0 aliphatic carbocycles. The lowest BCUT2D eigenvalue weighted by Gasteiger charge is -2.24. The fourth-order valence-corrected chi connectivity index (χ4v) is 3.70. The van der Waals surface area contributed by atoms with Gasteiger partial charge in [-0.25, -0.2) is 4.79 Å². The zero-order chi connectivity index (χ0) is 29.0. The summed E-state index contributed by atoms with van der Waals surface area (Å²) in [7, 11) is 0.